The molecular formula is C11H15FN2O2S. The van der Waals surface area contributed by atoms with Gasteiger partial charge in [-0.3, -0.25) is 0 Å². The van der Waals surface area contributed by atoms with E-state index >= 15 is 0 Å². The van der Waals surface area contributed by atoms with Gasteiger partial charge in [0.2, 0.25) is 0 Å². The van der Waals surface area contributed by atoms with E-state index in [4.69, 9.17) is 0 Å². The van der Waals surface area contributed by atoms with Gasteiger partial charge in [-0.05, 0) is 18.2 Å². The zero-order valence-electron chi connectivity index (χ0n) is 9.61. The van der Waals surface area contributed by atoms with Crippen molar-refractivity contribution in [2.24, 2.45) is 0 Å². The van der Waals surface area contributed by atoms with Gasteiger partial charge in [0.05, 0.1) is 10.6 Å². The Hall–Kier alpha value is -1.14. The van der Waals surface area contributed by atoms with Gasteiger partial charge in [-0.25, -0.2) is 12.8 Å². The zero-order chi connectivity index (χ0) is 12.5. The highest BCUT2D eigenvalue weighted by Gasteiger charge is 2.20. The Labute approximate surface area is 100 Å². The number of piperazine rings is 1. The second-order valence-corrected chi connectivity index (χ2v) is 6.11. The average Bonchev–Trinajstić information content (AvgIpc) is 2.29. The van der Waals surface area contributed by atoms with Crippen LogP contribution in [0.4, 0.5) is 10.1 Å². The Morgan fingerprint density at radius 2 is 1.94 bits per heavy atom. The first kappa shape index (κ1) is 12.3. The maximum Gasteiger partial charge on any atom is 0.177 e. The number of rotatable bonds is 2. The molecule has 1 N–H and O–H groups in total. The van der Waals surface area contributed by atoms with Crippen LogP contribution in [0.3, 0.4) is 0 Å². The van der Waals surface area contributed by atoms with E-state index in [0.717, 1.165) is 38.5 Å². The third kappa shape index (κ3) is 2.76. The van der Waals surface area contributed by atoms with Crippen molar-refractivity contribution in [1.29, 1.82) is 0 Å². The predicted octanol–water partition coefficient (Wildman–Crippen LogP) is 0.639. The maximum atomic E-state index is 13.1. The predicted molar refractivity (Wildman–Crippen MR) is 64.6 cm³/mol. The van der Waals surface area contributed by atoms with E-state index in [9.17, 15) is 12.8 Å². The molecule has 0 amide bonds. The van der Waals surface area contributed by atoms with Crippen molar-refractivity contribution in [2.45, 2.75) is 4.90 Å². The topological polar surface area (TPSA) is 49.4 Å². The lowest BCUT2D eigenvalue weighted by atomic mass is 10.2. The largest absolute Gasteiger partial charge is 0.368 e. The SMILES string of the molecule is CS(=O)(=O)c1cc(F)ccc1N1CCNCC1. The number of anilines is 1. The maximum absolute atomic E-state index is 13.1. The second kappa shape index (κ2) is 4.62. The summed E-state index contributed by atoms with van der Waals surface area (Å²) in [5.41, 5.74) is 0.593. The van der Waals surface area contributed by atoms with Gasteiger partial charge < -0.3 is 10.2 Å². The van der Waals surface area contributed by atoms with Crippen LogP contribution in [0.15, 0.2) is 23.1 Å². The molecule has 1 aromatic rings. The highest BCUT2D eigenvalue weighted by atomic mass is 32.2. The summed E-state index contributed by atoms with van der Waals surface area (Å²) in [7, 11) is -3.41. The molecule has 17 heavy (non-hydrogen) atoms. The Kier molecular flexibility index (Phi) is 3.35. The van der Waals surface area contributed by atoms with Gasteiger partial charge in [-0.15, -0.1) is 0 Å². The fourth-order valence-electron chi connectivity index (χ4n) is 1.95. The molecule has 4 nitrogen and oxygen atoms in total. The van der Waals surface area contributed by atoms with Crippen molar-refractivity contribution in [3.8, 4) is 0 Å². The highest BCUT2D eigenvalue weighted by molar-refractivity contribution is 7.90. The van der Waals surface area contributed by atoms with E-state index in [0.29, 0.717) is 5.69 Å². The first-order valence-corrected chi connectivity index (χ1v) is 7.33. The second-order valence-electron chi connectivity index (χ2n) is 4.12. The van der Waals surface area contributed by atoms with Crippen molar-refractivity contribution >= 4 is 15.5 Å². The molecule has 0 bridgehead atoms. The smallest absolute Gasteiger partial charge is 0.177 e. The minimum atomic E-state index is -3.41. The molecular weight excluding hydrogens is 243 g/mol. The fourth-order valence-corrected chi connectivity index (χ4v) is 2.86. The third-order valence-electron chi connectivity index (χ3n) is 2.78. The zero-order valence-corrected chi connectivity index (χ0v) is 10.4. The van der Waals surface area contributed by atoms with Crippen molar-refractivity contribution < 1.29 is 12.8 Å². The Balaban J connectivity index is 2.45. The minimum absolute atomic E-state index is 0.0689. The molecule has 1 aromatic carbocycles. The number of hydrogen-bond acceptors (Lipinski definition) is 4. The van der Waals surface area contributed by atoms with Gasteiger partial charge in [-0.1, -0.05) is 0 Å². The minimum Gasteiger partial charge on any atom is -0.368 e. The summed E-state index contributed by atoms with van der Waals surface area (Å²) in [5.74, 6) is -0.524. The van der Waals surface area contributed by atoms with Gasteiger partial charge in [0.25, 0.3) is 0 Å². The van der Waals surface area contributed by atoms with Crippen LogP contribution in [0.1, 0.15) is 0 Å². The molecule has 94 valence electrons. The Bertz CT molecular complexity index is 510. The van der Waals surface area contributed by atoms with Gasteiger partial charge in [0.1, 0.15) is 5.82 Å². The van der Waals surface area contributed by atoms with Gasteiger partial charge in [-0.2, -0.15) is 0 Å². The summed E-state index contributed by atoms with van der Waals surface area (Å²) >= 11 is 0. The summed E-state index contributed by atoms with van der Waals surface area (Å²) in [6, 6.07) is 3.93. The van der Waals surface area contributed by atoms with E-state index in [1.807, 2.05) is 4.90 Å². The van der Waals surface area contributed by atoms with Gasteiger partial charge >= 0.3 is 0 Å². The number of nitrogens with zero attached hydrogens (tertiary/aromatic N) is 1. The van der Waals surface area contributed by atoms with Crippen LogP contribution in [0.5, 0.6) is 0 Å². The molecule has 0 spiro atoms. The van der Waals surface area contributed by atoms with E-state index in [1.54, 1.807) is 0 Å². The van der Waals surface area contributed by atoms with Gasteiger partial charge in [0, 0.05) is 32.4 Å². The molecule has 0 saturated carbocycles. The van der Waals surface area contributed by atoms with E-state index < -0.39 is 15.7 Å². The molecule has 1 aliphatic heterocycles. The highest BCUT2D eigenvalue weighted by Crippen LogP contribution is 2.26. The van der Waals surface area contributed by atoms with Crippen LogP contribution in [0.2, 0.25) is 0 Å². The lowest BCUT2D eigenvalue weighted by molar-refractivity contribution is 0.576. The van der Waals surface area contributed by atoms with Crippen molar-refractivity contribution in [3.63, 3.8) is 0 Å². The Morgan fingerprint density at radius 1 is 1.29 bits per heavy atom. The molecule has 0 unspecified atom stereocenters. The average molecular weight is 258 g/mol. The van der Waals surface area contributed by atoms with Gasteiger partial charge in [0.15, 0.2) is 9.84 Å². The standard InChI is InChI=1S/C11H15FN2O2S/c1-17(15,16)11-8-9(12)2-3-10(11)14-6-4-13-5-7-14/h2-3,8,13H,4-7H2,1H3. The van der Waals surface area contributed by atoms with Crippen molar-refractivity contribution in [1.82, 2.24) is 5.32 Å². The quantitative estimate of drug-likeness (QED) is 0.845. The molecule has 0 aromatic heterocycles. The van der Waals surface area contributed by atoms with Crippen LogP contribution in [-0.2, 0) is 9.84 Å². The molecule has 0 aliphatic carbocycles. The summed E-state index contributed by atoms with van der Waals surface area (Å²) in [5, 5.41) is 3.19. The first-order valence-electron chi connectivity index (χ1n) is 5.44. The molecule has 1 aliphatic rings. The van der Waals surface area contributed by atoms with Crippen molar-refractivity contribution in [2.75, 3.05) is 37.3 Å². The first-order chi connectivity index (χ1) is 7.98. The third-order valence-corrected chi connectivity index (χ3v) is 3.90. The Morgan fingerprint density at radius 3 is 2.53 bits per heavy atom. The lowest BCUT2D eigenvalue weighted by Crippen LogP contribution is -2.44. The summed E-state index contributed by atoms with van der Waals surface area (Å²) in [4.78, 5) is 2.03. The van der Waals surface area contributed by atoms with Crippen LogP contribution in [0, 0.1) is 5.82 Å². The summed E-state index contributed by atoms with van der Waals surface area (Å²) < 4.78 is 36.4. The van der Waals surface area contributed by atoms with Crippen LogP contribution >= 0.6 is 0 Å². The van der Waals surface area contributed by atoms with E-state index in [1.165, 1.54) is 12.1 Å². The van der Waals surface area contributed by atoms with Crippen molar-refractivity contribution in [3.05, 3.63) is 24.0 Å². The molecule has 6 heteroatoms. The number of sulfone groups is 1. The van der Waals surface area contributed by atoms with Crippen LogP contribution in [-0.4, -0.2) is 40.9 Å². The summed E-state index contributed by atoms with van der Waals surface area (Å²) in [6.07, 6.45) is 1.10. The number of benzene rings is 1. The lowest BCUT2D eigenvalue weighted by Gasteiger charge is -2.30. The van der Waals surface area contributed by atoms with E-state index in [-0.39, 0.29) is 4.90 Å². The molecule has 2 rings (SSSR count). The number of hydrogen-bond donors (Lipinski definition) is 1. The van der Waals surface area contributed by atoms with E-state index in [2.05, 4.69) is 5.32 Å². The van der Waals surface area contributed by atoms with Crippen LogP contribution < -0.4 is 10.2 Å². The fraction of sp³-hybridized carbons (Fsp3) is 0.455. The van der Waals surface area contributed by atoms with Crippen LogP contribution in [0.25, 0.3) is 0 Å². The number of halogens is 1. The molecule has 0 atom stereocenters. The molecule has 1 heterocycles. The number of nitrogens with one attached hydrogen (secondary N) is 1. The normalized spacial score (nSPS) is 17.2. The summed E-state index contributed by atoms with van der Waals surface area (Å²) in [6.45, 7) is 3.07. The molecule has 1 fully saturated rings. The molecule has 1 saturated heterocycles. The monoisotopic (exact) mass is 258 g/mol. The molecule has 0 radical (unpaired) electrons.